The Morgan fingerprint density at radius 3 is 2.68 bits per heavy atom. The number of methoxy groups -OCH3 is 1. The quantitative estimate of drug-likeness (QED) is 0.695. The van der Waals surface area contributed by atoms with E-state index in [2.05, 4.69) is 0 Å². The number of hydrogen-bond donors (Lipinski definition) is 1. The Morgan fingerprint density at radius 2 is 2.00 bits per heavy atom. The summed E-state index contributed by atoms with van der Waals surface area (Å²) in [5.74, 6) is -0.331. The van der Waals surface area contributed by atoms with Crippen LogP contribution in [0.4, 0.5) is 0 Å². The molecule has 0 saturated carbocycles. The molecular formula is C14H20O5. The van der Waals surface area contributed by atoms with E-state index < -0.39 is 5.97 Å². The Hall–Kier alpha value is -1.59. The molecule has 1 aromatic rings. The van der Waals surface area contributed by atoms with E-state index in [-0.39, 0.29) is 5.56 Å². The molecule has 106 valence electrons. The van der Waals surface area contributed by atoms with Gasteiger partial charge in [0, 0.05) is 25.7 Å². The number of benzene rings is 1. The van der Waals surface area contributed by atoms with E-state index in [1.807, 2.05) is 0 Å². The van der Waals surface area contributed by atoms with E-state index in [1.54, 1.807) is 32.2 Å². The molecule has 0 fully saturated rings. The summed E-state index contributed by atoms with van der Waals surface area (Å²) >= 11 is 0. The molecule has 0 spiro atoms. The zero-order valence-electron chi connectivity index (χ0n) is 11.3. The van der Waals surface area contributed by atoms with E-state index in [9.17, 15) is 4.79 Å². The molecule has 0 aliphatic heterocycles. The van der Waals surface area contributed by atoms with Gasteiger partial charge in [0.05, 0.1) is 25.4 Å². The first-order valence-electron chi connectivity index (χ1n) is 6.19. The molecule has 0 saturated heterocycles. The number of carboxylic acid groups (broad SMARTS) is 1. The zero-order chi connectivity index (χ0) is 14.1. The summed E-state index contributed by atoms with van der Waals surface area (Å²) in [6, 6.07) is 5.02. The minimum Gasteiger partial charge on any atom is -0.493 e. The van der Waals surface area contributed by atoms with Crippen LogP contribution < -0.4 is 4.74 Å². The van der Waals surface area contributed by atoms with Crippen LogP contribution in [0, 0.1) is 6.92 Å². The predicted molar refractivity (Wildman–Crippen MR) is 70.9 cm³/mol. The molecule has 0 heterocycles. The summed E-state index contributed by atoms with van der Waals surface area (Å²) < 4.78 is 15.7. The fourth-order valence-electron chi connectivity index (χ4n) is 1.59. The molecule has 5 nitrogen and oxygen atoms in total. The van der Waals surface area contributed by atoms with Crippen LogP contribution in [0.2, 0.25) is 0 Å². The van der Waals surface area contributed by atoms with E-state index in [0.29, 0.717) is 37.7 Å². The molecule has 1 rings (SSSR count). The normalized spacial score (nSPS) is 10.4. The number of ether oxygens (including phenoxy) is 3. The lowest BCUT2D eigenvalue weighted by molar-refractivity contribution is 0.0643. The average Bonchev–Trinajstić information content (AvgIpc) is 2.39. The first kappa shape index (κ1) is 15.5. The zero-order valence-corrected chi connectivity index (χ0v) is 11.3. The van der Waals surface area contributed by atoms with Crippen molar-refractivity contribution in [3.8, 4) is 5.75 Å². The summed E-state index contributed by atoms with van der Waals surface area (Å²) in [5, 5.41) is 8.99. The highest BCUT2D eigenvalue weighted by atomic mass is 16.5. The summed E-state index contributed by atoms with van der Waals surface area (Å²) in [6.45, 7) is 4.00. The van der Waals surface area contributed by atoms with E-state index in [1.165, 1.54) is 0 Å². The molecule has 1 aromatic carbocycles. The number of rotatable bonds is 9. The van der Waals surface area contributed by atoms with Gasteiger partial charge in [-0.3, -0.25) is 0 Å². The molecule has 1 N–H and O–H groups in total. The Balaban J connectivity index is 2.33. The van der Waals surface area contributed by atoms with Gasteiger partial charge >= 0.3 is 5.97 Å². The van der Waals surface area contributed by atoms with E-state index in [0.717, 1.165) is 6.42 Å². The lowest BCUT2D eigenvalue weighted by atomic mass is 10.1. The standard InChI is InChI=1S/C14H20O5/c1-11-12(14(15)16)5-3-6-13(11)19-8-4-7-18-10-9-17-2/h3,5-6H,4,7-10H2,1-2H3,(H,15,16). The third kappa shape index (κ3) is 5.28. The molecular weight excluding hydrogens is 248 g/mol. The van der Waals surface area contributed by atoms with Gasteiger partial charge in [0.2, 0.25) is 0 Å². The Kier molecular flexibility index (Phi) is 6.92. The summed E-state index contributed by atoms with van der Waals surface area (Å²) in [7, 11) is 1.63. The molecule has 0 bridgehead atoms. The fraction of sp³-hybridized carbons (Fsp3) is 0.500. The molecule has 0 aliphatic rings. The first-order chi connectivity index (χ1) is 9.16. The minimum absolute atomic E-state index is 0.272. The molecule has 0 atom stereocenters. The molecule has 0 radical (unpaired) electrons. The Bertz CT molecular complexity index is 403. The van der Waals surface area contributed by atoms with Gasteiger partial charge in [-0.15, -0.1) is 0 Å². The maximum Gasteiger partial charge on any atom is 0.336 e. The van der Waals surface area contributed by atoms with Crippen LogP contribution in [-0.4, -0.2) is 44.6 Å². The molecule has 0 amide bonds. The highest BCUT2D eigenvalue weighted by Crippen LogP contribution is 2.21. The van der Waals surface area contributed by atoms with Crippen molar-refractivity contribution in [3.63, 3.8) is 0 Å². The number of hydrogen-bond acceptors (Lipinski definition) is 4. The molecule has 0 aliphatic carbocycles. The first-order valence-corrected chi connectivity index (χ1v) is 6.19. The van der Waals surface area contributed by atoms with Gasteiger partial charge in [0.25, 0.3) is 0 Å². The van der Waals surface area contributed by atoms with E-state index >= 15 is 0 Å². The fourth-order valence-corrected chi connectivity index (χ4v) is 1.59. The Morgan fingerprint density at radius 1 is 1.21 bits per heavy atom. The van der Waals surface area contributed by atoms with Crippen molar-refractivity contribution >= 4 is 5.97 Å². The minimum atomic E-state index is -0.939. The van der Waals surface area contributed by atoms with Crippen LogP contribution in [0.15, 0.2) is 18.2 Å². The second kappa shape index (κ2) is 8.50. The Labute approximate surface area is 113 Å². The van der Waals surface area contributed by atoms with Crippen molar-refractivity contribution in [3.05, 3.63) is 29.3 Å². The average molecular weight is 268 g/mol. The molecule has 19 heavy (non-hydrogen) atoms. The van der Waals surface area contributed by atoms with Crippen LogP contribution in [0.1, 0.15) is 22.3 Å². The van der Waals surface area contributed by atoms with Crippen molar-refractivity contribution in [2.45, 2.75) is 13.3 Å². The van der Waals surface area contributed by atoms with Crippen LogP contribution in [0.3, 0.4) is 0 Å². The highest BCUT2D eigenvalue weighted by Gasteiger charge is 2.10. The topological polar surface area (TPSA) is 65.0 Å². The maximum absolute atomic E-state index is 11.0. The van der Waals surface area contributed by atoms with Gasteiger partial charge in [-0.25, -0.2) is 4.79 Å². The van der Waals surface area contributed by atoms with E-state index in [4.69, 9.17) is 19.3 Å². The second-order valence-corrected chi connectivity index (χ2v) is 4.04. The number of carboxylic acids is 1. The van der Waals surface area contributed by atoms with Crippen LogP contribution in [0.5, 0.6) is 5.75 Å². The van der Waals surface area contributed by atoms with Crippen molar-refractivity contribution in [2.75, 3.05) is 33.5 Å². The van der Waals surface area contributed by atoms with Gasteiger partial charge in [0.15, 0.2) is 0 Å². The molecule has 5 heteroatoms. The van der Waals surface area contributed by atoms with Gasteiger partial charge in [0.1, 0.15) is 5.75 Å². The van der Waals surface area contributed by atoms with Crippen LogP contribution in [0.25, 0.3) is 0 Å². The van der Waals surface area contributed by atoms with Gasteiger partial charge < -0.3 is 19.3 Å². The monoisotopic (exact) mass is 268 g/mol. The summed E-state index contributed by atoms with van der Waals surface area (Å²) in [6.07, 6.45) is 0.750. The van der Waals surface area contributed by atoms with Gasteiger partial charge in [-0.1, -0.05) is 6.07 Å². The summed E-state index contributed by atoms with van der Waals surface area (Å²) in [4.78, 5) is 11.0. The maximum atomic E-state index is 11.0. The second-order valence-electron chi connectivity index (χ2n) is 4.04. The highest BCUT2D eigenvalue weighted by molar-refractivity contribution is 5.90. The lowest BCUT2D eigenvalue weighted by Gasteiger charge is -2.11. The van der Waals surface area contributed by atoms with Crippen molar-refractivity contribution < 1.29 is 24.1 Å². The van der Waals surface area contributed by atoms with Crippen molar-refractivity contribution in [1.82, 2.24) is 0 Å². The third-order valence-electron chi connectivity index (χ3n) is 2.64. The third-order valence-corrected chi connectivity index (χ3v) is 2.64. The van der Waals surface area contributed by atoms with Crippen LogP contribution >= 0.6 is 0 Å². The number of carbonyl (C=O) groups is 1. The van der Waals surface area contributed by atoms with Crippen LogP contribution in [-0.2, 0) is 9.47 Å². The smallest absolute Gasteiger partial charge is 0.336 e. The molecule has 0 unspecified atom stereocenters. The number of aromatic carboxylic acids is 1. The van der Waals surface area contributed by atoms with Crippen molar-refractivity contribution in [2.24, 2.45) is 0 Å². The lowest BCUT2D eigenvalue weighted by Crippen LogP contribution is -2.08. The molecule has 0 aromatic heterocycles. The van der Waals surface area contributed by atoms with Gasteiger partial charge in [-0.2, -0.15) is 0 Å². The SMILES string of the molecule is COCCOCCCOc1cccc(C(=O)O)c1C. The van der Waals surface area contributed by atoms with Gasteiger partial charge in [-0.05, 0) is 19.1 Å². The largest absolute Gasteiger partial charge is 0.493 e. The summed E-state index contributed by atoms with van der Waals surface area (Å²) in [5.41, 5.74) is 0.921. The predicted octanol–water partition coefficient (Wildman–Crippen LogP) is 2.13. The van der Waals surface area contributed by atoms with Crippen molar-refractivity contribution in [1.29, 1.82) is 0 Å².